The van der Waals surface area contributed by atoms with Gasteiger partial charge >= 0.3 is 0 Å². The van der Waals surface area contributed by atoms with Crippen molar-refractivity contribution in [3.63, 3.8) is 0 Å². The van der Waals surface area contributed by atoms with Crippen molar-refractivity contribution in [3.8, 4) is 6.07 Å². The lowest BCUT2D eigenvalue weighted by Crippen LogP contribution is -2.01. The highest BCUT2D eigenvalue weighted by molar-refractivity contribution is 7.90. The maximum Gasteiger partial charge on any atom is 0.178 e. The van der Waals surface area contributed by atoms with E-state index >= 15 is 0 Å². The van der Waals surface area contributed by atoms with E-state index < -0.39 is 15.7 Å². The minimum atomic E-state index is -3.57. The minimum absolute atomic E-state index is 0.273. The van der Waals surface area contributed by atoms with Crippen molar-refractivity contribution in [2.24, 2.45) is 0 Å². The molecule has 0 aromatic heterocycles. The van der Waals surface area contributed by atoms with Crippen LogP contribution < -0.4 is 0 Å². The van der Waals surface area contributed by atoms with Gasteiger partial charge in [0, 0.05) is 6.26 Å². The maximum atomic E-state index is 14.2. The maximum absolute atomic E-state index is 14.2. The van der Waals surface area contributed by atoms with Gasteiger partial charge in [-0.2, -0.15) is 5.26 Å². The average Bonchev–Trinajstić information content (AvgIpc) is 3.03. The molecule has 0 spiro atoms. The van der Waals surface area contributed by atoms with Crippen LogP contribution in [0.3, 0.4) is 0 Å². The topological polar surface area (TPSA) is 57.9 Å². The molecule has 0 saturated heterocycles. The molecule has 0 N–H and O–H groups in total. The van der Waals surface area contributed by atoms with Crippen molar-refractivity contribution in [3.05, 3.63) is 65.0 Å². The molecule has 0 saturated carbocycles. The van der Waals surface area contributed by atoms with E-state index in [9.17, 15) is 12.8 Å². The second-order valence-corrected chi connectivity index (χ2v) is 7.90. The molecule has 122 valence electrons. The molecular formula is C19H16FNO2S. The number of allylic oxidation sites excluding steroid dienone is 2. The van der Waals surface area contributed by atoms with Crippen LogP contribution in [0.25, 0.3) is 11.1 Å². The zero-order chi connectivity index (χ0) is 17.3. The Kier molecular flexibility index (Phi) is 4.25. The van der Waals surface area contributed by atoms with Gasteiger partial charge in [-0.1, -0.05) is 18.2 Å². The summed E-state index contributed by atoms with van der Waals surface area (Å²) >= 11 is 0. The summed E-state index contributed by atoms with van der Waals surface area (Å²) in [5, 5.41) is 8.89. The second-order valence-electron chi connectivity index (χ2n) is 5.92. The van der Waals surface area contributed by atoms with E-state index in [1.165, 1.54) is 12.1 Å². The molecule has 2 aromatic rings. The van der Waals surface area contributed by atoms with Crippen LogP contribution in [-0.4, -0.2) is 14.7 Å². The Balaban J connectivity index is 2.06. The number of nitrogens with zero attached hydrogens (tertiary/aromatic N) is 1. The molecule has 1 aliphatic rings. The molecule has 0 unspecified atom stereocenters. The number of halogens is 1. The van der Waals surface area contributed by atoms with Crippen LogP contribution >= 0.6 is 0 Å². The second kappa shape index (κ2) is 6.21. The first-order valence-corrected chi connectivity index (χ1v) is 9.52. The summed E-state index contributed by atoms with van der Waals surface area (Å²) in [5.41, 5.74) is 4.51. The highest BCUT2D eigenvalue weighted by atomic mass is 32.2. The van der Waals surface area contributed by atoms with Gasteiger partial charge in [0.25, 0.3) is 0 Å². The number of hydrogen-bond acceptors (Lipinski definition) is 3. The van der Waals surface area contributed by atoms with Gasteiger partial charge in [0.2, 0.25) is 0 Å². The van der Waals surface area contributed by atoms with E-state index in [2.05, 4.69) is 6.07 Å². The van der Waals surface area contributed by atoms with Gasteiger partial charge in [0.15, 0.2) is 9.84 Å². The Morgan fingerprint density at radius 3 is 2.12 bits per heavy atom. The van der Waals surface area contributed by atoms with Gasteiger partial charge in [-0.25, -0.2) is 12.8 Å². The normalized spacial score (nSPS) is 14.7. The van der Waals surface area contributed by atoms with Crippen LogP contribution in [0.1, 0.15) is 36.0 Å². The van der Waals surface area contributed by atoms with E-state index in [0.29, 0.717) is 5.56 Å². The fourth-order valence-electron chi connectivity index (χ4n) is 3.12. The van der Waals surface area contributed by atoms with Gasteiger partial charge in [0.05, 0.1) is 11.6 Å². The lowest BCUT2D eigenvalue weighted by atomic mass is 9.96. The van der Waals surface area contributed by atoms with Crippen LogP contribution in [0.2, 0.25) is 0 Å². The van der Waals surface area contributed by atoms with Gasteiger partial charge in [-0.3, -0.25) is 0 Å². The molecular weight excluding hydrogens is 325 g/mol. The monoisotopic (exact) mass is 341 g/mol. The first-order valence-electron chi connectivity index (χ1n) is 7.62. The fraction of sp³-hybridized carbons (Fsp3) is 0.211. The molecule has 0 amide bonds. The largest absolute Gasteiger partial charge is 0.224 e. The van der Waals surface area contributed by atoms with Gasteiger partial charge in [0.1, 0.15) is 10.7 Å². The van der Waals surface area contributed by atoms with E-state index in [0.717, 1.165) is 47.8 Å². The van der Waals surface area contributed by atoms with E-state index in [4.69, 9.17) is 5.26 Å². The summed E-state index contributed by atoms with van der Waals surface area (Å²) < 4.78 is 37.3. The first kappa shape index (κ1) is 16.4. The molecule has 0 bridgehead atoms. The number of benzene rings is 2. The van der Waals surface area contributed by atoms with Gasteiger partial charge < -0.3 is 0 Å². The highest BCUT2D eigenvalue weighted by Gasteiger charge is 2.20. The summed E-state index contributed by atoms with van der Waals surface area (Å²) in [6.45, 7) is 0. The van der Waals surface area contributed by atoms with Crippen LogP contribution in [0.5, 0.6) is 0 Å². The van der Waals surface area contributed by atoms with E-state index in [1.807, 2.05) is 12.1 Å². The molecule has 2 aromatic carbocycles. The molecule has 0 radical (unpaired) electrons. The third-order valence-corrected chi connectivity index (χ3v) is 5.39. The van der Waals surface area contributed by atoms with E-state index in [-0.39, 0.29) is 4.90 Å². The van der Waals surface area contributed by atoms with Crippen LogP contribution in [0, 0.1) is 17.1 Å². The summed E-state index contributed by atoms with van der Waals surface area (Å²) in [7, 11) is -3.57. The van der Waals surface area contributed by atoms with Crippen molar-refractivity contribution >= 4 is 21.0 Å². The standard InChI is InChI=1S/C19H16FNO2S/c1-24(22,23)19-10-9-15(11-18(19)20)17-4-2-3-16(17)14-7-5-13(12-21)6-8-14/h5-11H,2-4H2,1H3. The summed E-state index contributed by atoms with van der Waals surface area (Å²) in [6.07, 6.45) is 3.69. The third-order valence-electron chi connectivity index (χ3n) is 4.26. The summed E-state index contributed by atoms with van der Waals surface area (Å²) in [4.78, 5) is -0.273. The molecule has 5 heteroatoms. The number of sulfone groups is 1. The van der Waals surface area contributed by atoms with Gasteiger partial charge in [-0.15, -0.1) is 0 Å². The van der Waals surface area contributed by atoms with Crippen molar-refractivity contribution in [2.45, 2.75) is 24.2 Å². The minimum Gasteiger partial charge on any atom is -0.224 e. The van der Waals surface area contributed by atoms with Crippen molar-refractivity contribution in [1.82, 2.24) is 0 Å². The molecule has 0 heterocycles. The molecule has 0 aliphatic heterocycles. The molecule has 3 rings (SSSR count). The smallest absolute Gasteiger partial charge is 0.178 e. The highest BCUT2D eigenvalue weighted by Crippen LogP contribution is 2.40. The van der Waals surface area contributed by atoms with Crippen molar-refractivity contribution in [1.29, 1.82) is 5.26 Å². The molecule has 0 atom stereocenters. The Labute approximate surface area is 141 Å². The summed E-state index contributed by atoms with van der Waals surface area (Å²) in [5.74, 6) is -0.714. The Hall–Kier alpha value is -2.45. The molecule has 24 heavy (non-hydrogen) atoms. The van der Waals surface area contributed by atoms with Crippen LogP contribution in [-0.2, 0) is 9.84 Å². The molecule has 1 aliphatic carbocycles. The van der Waals surface area contributed by atoms with Gasteiger partial charge in [-0.05, 0) is 65.8 Å². The van der Waals surface area contributed by atoms with E-state index in [1.54, 1.807) is 18.2 Å². The fourth-order valence-corrected chi connectivity index (χ4v) is 3.84. The predicted octanol–water partition coefficient (Wildman–Crippen LogP) is 4.20. The molecule has 3 nitrogen and oxygen atoms in total. The SMILES string of the molecule is CS(=O)(=O)c1ccc(C2=C(c3ccc(C#N)cc3)CCC2)cc1F. The number of nitriles is 1. The quantitative estimate of drug-likeness (QED) is 0.841. The zero-order valence-corrected chi connectivity index (χ0v) is 14.0. The number of hydrogen-bond donors (Lipinski definition) is 0. The van der Waals surface area contributed by atoms with Crippen molar-refractivity contribution < 1.29 is 12.8 Å². The lowest BCUT2D eigenvalue weighted by molar-refractivity contribution is 0.570. The van der Waals surface area contributed by atoms with Crippen LogP contribution in [0.15, 0.2) is 47.4 Å². The third kappa shape index (κ3) is 3.10. The average molecular weight is 341 g/mol. The molecule has 0 fully saturated rings. The lowest BCUT2D eigenvalue weighted by Gasteiger charge is -2.10. The predicted molar refractivity (Wildman–Crippen MR) is 91.3 cm³/mol. The Morgan fingerprint density at radius 2 is 1.58 bits per heavy atom. The first-order chi connectivity index (χ1) is 11.4. The Bertz CT molecular complexity index is 967. The van der Waals surface area contributed by atoms with Crippen LogP contribution in [0.4, 0.5) is 4.39 Å². The van der Waals surface area contributed by atoms with Crippen molar-refractivity contribution in [2.75, 3.05) is 6.26 Å². The summed E-state index contributed by atoms with van der Waals surface area (Å²) in [6, 6.07) is 13.7. The number of rotatable bonds is 3. The zero-order valence-electron chi connectivity index (χ0n) is 13.2. The Morgan fingerprint density at radius 1 is 1.00 bits per heavy atom.